The Hall–Kier alpha value is -3.76. The van der Waals surface area contributed by atoms with Crippen molar-refractivity contribution < 1.29 is 8.42 Å². The predicted octanol–water partition coefficient (Wildman–Crippen LogP) is 3.37. The summed E-state index contributed by atoms with van der Waals surface area (Å²) in [7, 11) is 0.0292. The van der Waals surface area contributed by atoms with Gasteiger partial charge in [-0.05, 0) is 55.2 Å². The second kappa shape index (κ2) is 8.14. The number of nitrogens with zero attached hydrogens (tertiary/aromatic N) is 6. The molecule has 0 saturated carbocycles. The van der Waals surface area contributed by atoms with Gasteiger partial charge in [-0.15, -0.1) is 0 Å². The average Bonchev–Trinajstić information content (AvgIpc) is 3.59. The van der Waals surface area contributed by atoms with E-state index in [-0.39, 0.29) is 5.69 Å². The molecule has 0 spiro atoms. The highest BCUT2D eigenvalue weighted by atomic mass is 32.2. The Labute approximate surface area is 208 Å². The third-order valence-corrected chi connectivity index (χ3v) is 8.88. The van der Waals surface area contributed by atoms with E-state index in [0.717, 1.165) is 46.1 Å². The van der Waals surface area contributed by atoms with Crippen molar-refractivity contribution in [3.8, 4) is 16.8 Å². The fourth-order valence-electron chi connectivity index (χ4n) is 5.12. The van der Waals surface area contributed by atoms with Gasteiger partial charge in [0.05, 0.1) is 39.0 Å². The number of pyridine rings is 1. The molecular formula is C26H26N6O3S. The summed E-state index contributed by atoms with van der Waals surface area (Å²) < 4.78 is 32.8. The third-order valence-electron chi connectivity index (χ3n) is 6.98. The molecule has 5 aromatic rings. The van der Waals surface area contributed by atoms with Crippen LogP contribution < -0.4 is 5.69 Å². The Balaban J connectivity index is 1.57. The Kier molecular flexibility index (Phi) is 5.13. The van der Waals surface area contributed by atoms with Crippen molar-refractivity contribution in [1.82, 2.24) is 28.2 Å². The summed E-state index contributed by atoms with van der Waals surface area (Å²) in [5, 5.41) is 5.23. The first-order chi connectivity index (χ1) is 17.3. The highest BCUT2D eigenvalue weighted by molar-refractivity contribution is 7.89. The van der Waals surface area contributed by atoms with Crippen LogP contribution in [0.3, 0.4) is 0 Å². The molecule has 10 heteroatoms. The summed E-state index contributed by atoms with van der Waals surface area (Å²) in [4.78, 5) is 18.2. The molecule has 0 amide bonds. The molecule has 3 aromatic heterocycles. The number of hydrogen-bond acceptors (Lipinski definition) is 5. The molecule has 4 heterocycles. The average molecular weight is 503 g/mol. The Bertz CT molecular complexity index is 1820. The molecule has 9 nitrogen and oxygen atoms in total. The minimum absolute atomic E-state index is 0.181. The number of fused-ring (bicyclic) bond motifs is 3. The maximum Gasteiger partial charge on any atom is 0.333 e. The van der Waals surface area contributed by atoms with Crippen LogP contribution in [0.25, 0.3) is 38.8 Å². The monoisotopic (exact) mass is 502 g/mol. The topological polar surface area (TPSA) is 95.0 Å². The van der Waals surface area contributed by atoms with E-state index in [4.69, 9.17) is 0 Å². The van der Waals surface area contributed by atoms with Crippen molar-refractivity contribution >= 4 is 32.0 Å². The molecule has 184 valence electrons. The normalized spacial score (nSPS) is 14.9. The van der Waals surface area contributed by atoms with Gasteiger partial charge in [-0.2, -0.15) is 9.40 Å². The molecule has 1 fully saturated rings. The number of benzene rings is 2. The van der Waals surface area contributed by atoms with Gasteiger partial charge < -0.3 is 0 Å². The first-order valence-electron chi connectivity index (χ1n) is 11.9. The second-order valence-electron chi connectivity index (χ2n) is 9.31. The van der Waals surface area contributed by atoms with Gasteiger partial charge in [0, 0.05) is 38.8 Å². The SMILES string of the molecule is Cc1nn(C)cc1-n1c(=O)n(C)c2cnc3ccc(-c4cccc(S(=O)(=O)N5CCCC5)c4)cc3c21. The molecule has 0 bridgehead atoms. The van der Waals surface area contributed by atoms with Gasteiger partial charge in [0.2, 0.25) is 10.0 Å². The number of imidazole rings is 1. The Morgan fingerprint density at radius 2 is 1.72 bits per heavy atom. The van der Waals surface area contributed by atoms with Crippen molar-refractivity contribution in [2.75, 3.05) is 13.1 Å². The molecule has 1 saturated heterocycles. The van der Waals surface area contributed by atoms with Crippen LogP contribution in [0, 0.1) is 6.92 Å². The van der Waals surface area contributed by atoms with E-state index < -0.39 is 10.0 Å². The molecule has 0 radical (unpaired) electrons. The molecule has 1 aliphatic rings. The fourth-order valence-corrected chi connectivity index (χ4v) is 6.68. The zero-order chi connectivity index (χ0) is 25.2. The van der Waals surface area contributed by atoms with Crippen LogP contribution in [-0.2, 0) is 24.1 Å². The zero-order valence-corrected chi connectivity index (χ0v) is 21.2. The lowest BCUT2D eigenvalue weighted by molar-refractivity contribution is 0.477. The molecule has 6 rings (SSSR count). The van der Waals surface area contributed by atoms with Gasteiger partial charge in [0.1, 0.15) is 0 Å². The van der Waals surface area contributed by atoms with Gasteiger partial charge >= 0.3 is 5.69 Å². The third kappa shape index (κ3) is 3.40. The van der Waals surface area contributed by atoms with Crippen LogP contribution >= 0.6 is 0 Å². The van der Waals surface area contributed by atoms with E-state index in [0.29, 0.717) is 29.2 Å². The lowest BCUT2D eigenvalue weighted by atomic mass is 10.0. The van der Waals surface area contributed by atoms with E-state index in [1.54, 1.807) is 49.6 Å². The summed E-state index contributed by atoms with van der Waals surface area (Å²) in [6.45, 7) is 3.00. The summed E-state index contributed by atoms with van der Waals surface area (Å²) >= 11 is 0. The first kappa shape index (κ1) is 22.7. The van der Waals surface area contributed by atoms with Crippen LogP contribution in [-0.4, -0.2) is 49.7 Å². The quantitative estimate of drug-likeness (QED) is 0.376. The summed E-state index contributed by atoms with van der Waals surface area (Å²) in [5.74, 6) is 0. The van der Waals surface area contributed by atoms with Crippen LogP contribution in [0.5, 0.6) is 0 Å². The maximum absolute atomic E-state index is 13.3. The lowest BCUT2D eigenvalue weighted by Gasteiger charge is -2.16. The van der Waals surface area contributed by atoms with Gasteiger partial charge in [-0.25, -0.2) is 13.2 Å². The van der Waals surface area contributed by atoms with Crippen LogP contribution in [0.4, 0.5) is 0 Å². The van der Waals surface area contributed by atoms with Crippen molar-refractivity contribution in [2.24, 2.45) is 14.1 Å². The van der Waals surface area contributed by atoms with Crippen LogP contribution in [0.2, 0.25) is 0 Å². The van der Waals surface area contributed by atoms with E-state index in [1.165, 1.54) is 0 Å². The number of aromatic nitrogens is 5. The summed E-state index contributed by atoms with van der Waals surface area (Å²) in [6, 6.07) is 12.9. The van der Waals surface area contributed by atoms with E-state index in [2.05, 4.69) is 10.1 Å². The van der Waals surface area contributed by atoms with Crippen molar-refractivity contribution in [1.29, 1.82) is 0 Å². The largest absolute Gasteiger partial charge is 0.333 e. The first-order valence-corrected chi connectivity index (χ1v) is 13.3. The van der Waals surface area contributed by atoms with Crippen molar-refractivity contribution in [3.05, 3.63) is 71.0 Å². The van der Waals surface area contributed by atoms with Crippen LogP contribution in [0.15, 0.2) is 64.5 Å². The number of hydrogen-bond donors (Lipinski definition) is 0. The molecule has 0 unspecified atom stereocenters. The minimum Gasteiger partial charge on any atom is -0.293 e. The van der Waals surface area contributed by atoms with Crippen molar-refractivity contribution in [3.63, 3.8) is 0 Å². The van der Waals surface area contributed by atoms with E-state index in [1.807, 2.05) is 44.4 Å². The number of sulfonamides is 1. The van der Waals surface area contributed by atoms with Crippen LogP contribution in [0.1, 0.15) is 18.5 Å². The number of aryl methyl sites for hydroxylation is 3. The summed E-state index contributed by atoms with van der Waals surface area (Å²) in [5.41, 5.74) is 5.10. The second-order valence-corrected chi connectivity index (χ2v) is 11.3. The Morgan fingerprint density at radius 1 is 0.972 bits per heavy atom. The van der Waals surface area contributed by atoms with Gasteiger partial charge in [0.15, 0.2) is 0 Å². The standard InChI is InChI=1S/C26H26N6O3S/c1-17-24(16-29(2)28-17)32-25-21-14-19(9-10-22(21)27-15-23(25)30(3)26(32)33)18-7-6-8-20(13-18)36(34,35)31-11-4-5-12-31/h6-10,13-16H,4-5,11-12H2,1-3H3. The molecule has 0 atom stereocenters. The fraction of sp³-hybridized carbons (Fsp3) is 0.269. The molecular weight excluding hydrogens is 476 g/mol. The van der Waals surface area contributed by atoms with Gasteiger partial charge in [0.25, 0.3) is 0 Å². The van der Waals surface area contributed by atoms with E-state index >= 15 is 0 Å². The molecule has 0 N–H and O–H groups in total. The Morgan fingerprint density at radius 3 is 2.44 bits per heavy atom. The molecule has 36 heavy (non-hydrogen) atoms. The summed E-state index contributed by atoms with van der Waals surface area (Å²) in [6.07, 6.45) is 5.33. The maximum atomic E-state index is 13.3. The van der Waals surface area contributed by atoms with Gasteiger partial charge in [-0.1, -0.05) is 18.2 Å². The minimum atomic E-state index is -3.53. The number of rotatable bonds is 4. The van der Waals surface area contributed by atoms with Gasteiger partial charge in [-0.3, -0.25) is 18.8 Å². The molecule has 2 aromatic carbocycles. The smallest absolute Gasteiger partial charge is 0.293 e. The zero-order valence-electron chi connectivity index (χ0n) is 20.3. The highest BCUT2D eigenvalue weighted by Gasteiger charge is 2.27. The van der Waals surface area contributed by atoms with E-state index in [9.17, 15) is 13.2 Å². The van der Waals surface area contributed by atoms with Crippen molar-refractivity contribution in [2.45, 2.75) is 24.7 Å². The highest BCUT2D eigenvalue weighted by Crippen LogP contribution is 2.32. The lowest BCUT2D eigenvalue weighted by Crippen LogP contribution is -2.27. The molecule has 1 aliphatic heterocycles. The molecule has 0 aliphatic carbocycles. The predicted molar refractivity (Wildman–Crippen MR) is 139 cm³/mol.